The van der Waals surface area contributed by atoms with Crippen molar-refractivity contribution < 1.29 is 24.0 Å². The van der Waals surface area contributed by atoms with Crippen LogP contribution < -0.4 is 24.0 Å². The molecule has 0 saturated carbocycles. The summed E-state index contributed by atoms with van der Waals surface area (Å²) in [7, 11) is 0. The molecule has 0 spiro atoms. The number of alkyl halides is 1. The van der Waals surface area contributed by atoms with E-state index in [1.807, 2.05) is 11.8 Å². The maximum absolute atomic E-state index is 4.30. The quantitative estimate of drug-likeness (QED) is 0.450. The van der Waals surface area contributed by atoms with E-state index in [4.69, 9.17) is 0 Å². The third-order valence-corrected chi connectivity index (χ3v) is 5.68. The molecule has 0 N–H and O–H groups in total. The molecule has 2 aromatic rings. The molecule has 2 heterocycles. The topological polar surface area (TPSA) is 30.7 Å². The van der Waals surface area contributed by atoms with Crippen LogP contribution in [0.5, 0.6) is 0 Å². The minimum atomic E-state index is 0. The van der Waals surface area contributed by atoms with Crippen molar-refractivity contribution in [3.8, 4) is 11.4 Å². The number of hydrogen-bond acceptors (Lipinski definition) is 3. The zero-order chi connectivity index (χ0) is 11.8. The second-order valence-corrected chi connectivity index (χ2v) is 6.33. The van der Waals surface area contributed by atoms with E-state index >= 15 is 0 Å². The van der Waals surface area contributed by atoms with E-state index in [1.54, 1.807) is 0 Å². The van der Waals surface area contributed by atoms with Crippen LogP contribution in [-0.4, -0.2) is 24.4 Å². The Hall–Kier alpha value is 0.170. The lowest BCUT2D eigenvalue weighted by atomic mass is 10.1. The molecule has 0 aliphatic carbocycles. The third kappa shape index (κ3) is 2.69. The van der Waals surface area contributed by atoms with Gasteiger partial charge >= 0.3 is 0 Å². The lowest BCUT2D eigenvalue weighted by molar-refractivity contribution is -0.00000339. The Morgan fingerprint density at radius 1 is 1.33 bits per heavy atom. The molecule has 0 amide bonds. The predicted octanol–water partition coefficient (Wildman–Crippen LogP) is 0.167. The van der Waals surface area contributed by atoms with Gasteiger partial charge < -0.3 is 28.5 Å². The van der Waals surface area contributed by atoms with Crippen LogP contribution >= 0.6 is 34.4 Å². The van der Waals surface area contributed by atoms with Gasteiger partial charge in [0.2, 0.25) is 0 Å². The highest BCUT2D eigenvalue weighted by molar-refractivity contribution is 14.1. The van der Waals surface area contributed by atoms with Crippen molar-refractivity contribution in [2.45, 2.75) is 23.9 Å². The number of rotatable bonds is 2. The van der Waals surface area contributed by atoms with E-state index in [1.165, 1.54) is 5.56 Å². The van der Waals surface area contributed by atoms with Gasteiger partial charge in [-0.05, 0) is 6.92 Å². The molecule has 18 heavy (non-hydrogen) atoms. The molecule has 1 atom stereocenters. The van der Waals surface area contributed by atoms with Crippen LogP contribution in [0.15, 0.2) is 29.4 Å². The van der Waals surface area contributed by atoms with E-state index < -0.39 is 0 Å². The second-order valence-electron chi connectivity index (χ2n) is 4.18. The van der Waals surface area contributed by atoms with Crippen LogP contribution in [0, 0.1) is 6.92 Å². The third-order valence-electron chi connectivity index (χ3n) is 2.86. The van der Waals surface area contributed by atoms with Gasteiger partial charge in [0, 0.05) is 21.8 Å². The first kappa shape index (κ1) is 14.6. The summed E-state index contributed by atoms with van der Waals surface area (Å²) in [6, 6.07) is 8.48. The first-order chi connectivity index (χ1) is 8.28. The van der Waals surface area contributed by atoms with Crippen LogP contribution in [0.25, 0.3) is 11.4 Å². The van der Waals surface area contributed by atoms with E-state index in [0.29, 0.717) is 5.25 Å². The molecule has 1 aliphatic heterocycles. The van der Waals surface area contributed by atoms with E-state index in [0.717, 1.165) is 27.5 Å². The molecule has 1 aliphatic rings. The molecule has 0 radical (unpaired) electrons. The van der Waals surface area contributed by atoms with Crippen LogP contribution in [0.1, 0.15) is 5.56 Å². The molecule has 1 aromatic heterocycles. The molecule has 0 saturated heterocycles. The van der Waals surface area contributed by atoms with E-state index in [2.05, 4.69) is 68.5 Å². The maximum atomic E-state index is 4.30. The average molecular weight is 484 g/mol. The highest BCUT2D eigenvalue weighted by atomic mass is 127. The molecule has 96 valence electrons. The molecule has 1 aromatic carbocycles. The number of benzene rings is 1. The van der Waals surface area contributed by atoms with Crippen molar-refractivity contribution in [3.05, 3.63) is 29.8 Å². The van der Waals surface area contributed by atoms with Gasteiger partial charge in [0.15, 0.2) is 11.0 Å². The van der Waals surface area contributed by atoms with E-state index in [9.17, 15) is 0 Å². The fourth-order valence-electron chi connectivity index (χ4n) is 1.93. The Balaban J connectivity index is 0.00000120. The number of halogens is 2. The zero-order valence-electron chi connectivity index (χ0n) is 9.81. The van der Waals surface area contributed by atoms with Gasteiger partial charge in [-0.15, -0.1) is 10.2 Å². The highest BCUT2D eigenvalue weighted by Crippen LogP contribution is 2.35. The minimum absolute atomic E-state index is 0. The summed E-state index contributed by atoms with van der Waals surface area (Å²) in [6.45, 7) is 3.12. The summed E-state index contributed by atoms with van der Waals surface area (Å²) in [4.78, 5) is 0. The number of hydrogen-bond donors (Lipinski definition) is 0. The summed E-state index contributed by atoms with van der Waals surface area (Å²) in [6.07, 6.45) is 0. The smallest absolute Gasteiger partial charge is 0.191 e. The first-order valence-corrected chi connectivity index (χ1v) is 7.91. The fraction of sp³-hybridized carbons (Fsp3) is 0.333. The number of nitrogens with zero attached hydrogens (tertiary/aromatic N) is 3. The van der Waals surface area contributed by atoms with Gasteiger partial charge in [-0.1, -0.05) is 64.2 Å². The first-order valence-electron chi connectivity index (χ1n) is 5.51. The normalized spacial score (nSPS) is 17.3. The van der Waals surface area contributed by atoms with Crippen molar-refractivity contribution >= 4 is 34.4 Å². The largest absolute Gasteiger partial charge is 1.00 e. The number of fused-ring (bicyclic) bond motifs is 1. The predicted molar refractivity (Wildman–Crippen MR) is 78.7 cm³/mol. The Bertz CT molecular complexity index is 539. The monoisotopic (exact) mass is 484 g/mol. The molecular formula is C12H12I2N3S-. The number of aromatic nitrogens is 3. The van der Waals surface area contributed by atoms with Gasteiger partial charge in [0.1, 0.15) is 0 Å². The van der Waals surface area contributed by atoms with Gasteiger partial charge in [-0.2, -0.15) is 0 Å². The lowest BCUT2D eigenvalue weighted by Crippen LogP contribution is -3.00. The summed E-state index contributed by atoms with van der Waals surface area (Å²) in [5.41, 5.74) is 2.43. The lowest BCUT2D eigenvalue weighted by Gasteiger charge is -2.05. The molecule has 0 fully saturated rings. The van der Waals surface area contributed by atoms with Gasteiger partial charge in [-0.25, -0.2) is 0 Å². The minimum Gasteiger partial charge on any atom is -1.00 e. The molecular weight excluding hydrogens is 472 g/mol. The Labute approximate surface area is 141 Å². The van der Waals surface area contributed by atoms with Crippen molar-refractivity contribution in [3.63, 3.8) is 0 Å². The van der Waals surface area contributed by atoms with Crippen molar-refractivity contribution in [1.29, 1.82) is 0 Å². The standard InChI is InChI=1S/C12H12IN3S.HI/c1-8-2-4-9(5-3-8)11-14-15-12-16(11)7-10(6-13)17-12;/h2-5,10H,6-7H2,1H3;1H/p-1. The second kappa shape index (κ2) is 6.08. The molecule has 6 heteroatoms. The Kier molecular flexibility index (Phi) is 4.92. The molecule has 1 unspecified atom stereocenters. The summed E-state index contributed by atoms with van der Waals surface area (Å²) in [5, 5.41) is 10.3. The van der Waals surface area contributed by atoms with Crippen LogP contribution in [0.4, 0.5) is 0 Å². The zero-order valence-corrected chi connectivity index (χ0v) is 14.9. The van der Waals surface area contributed by atoms with Crippen molar-refractivity contribution in [2.24, 2.45) is 0 Å². The SMILES string of the molecule is Cc1ccc(-c2nnc3n2CC(CI)S3)cc1.[I-]. The van der Waals surface area contributed by atoms with Crippen LogP contribution in [0.3, 0.4) is 0 Å². The van der Waals surface area contributed by atoms with Gasteiger partial charge in [0.25, 0.3) is 0 Å². The highest BCUT2D eigenvalue weighted by Gasteiger charge is 2.26. The van der Waals surface area contributed by atoms with Crippen molar-refractivity contribution in [1.82, 2.24) is 14.8 Å². The average Bonchev–Trinajstić information content (AvgIpc) is 2.89. The number of aryl methyl sites for hydroxylation is 1. The maximum Gasteiger partial charge on any atom is 0.191 e. The molecule has 0 bridgehead atoms. The van der Waals surface area contributed by atoms with Crippen LogP contribution in [0.2, 0.25) is 0 Å². The van der Waals surface area contributed by atoms with Crippen LogP contribution in [-0.2, 0) is 6.54 Å². The van der Waals surface area contributed by atoms with Gasteiger partial charge in [0.05, 0.1) is 0 Å². The Morgan fingerprint density at radius 2 is 2.06 bits per heavy atom. The summed E-state index contributed by atoms with van der Waals surface area (Å²) in [5.74, 6) is 1.000. The van der Waals surface area contributed by atoms with Gasteiger partial charge in [-0.3, -0.25) is 0 Å². The molecule has 3 rings (SSSR count). The van der Waals surface area contributed by atoms with E-state index in [-0.39, 0.29) is 24.0 Å². The number of thioether (sulfide) groups is 1. The molecule has 3 nitrogen and oxygen atoms in total. The van der Waals surface area contributed by atoms with Crippen molar-refractivity contribution in [2.75, 3.05) is 4.43 Å². The summed E-state index contributed by atoms with van der Waals surface area (Å²) >= 11 is 4.27. The fourth-order valence-corrected chi connectivity index (χ4v) is 3.71. The summed E-state index contributed by atoms with van der Waals surface area (Å²) < 4.78 is 3.39. The Morgan fingerprint density at radius 3 is 2.72 bits per heavy atom.